The Kier molecular flexibility index (Phi) is 44.0. The van der Waals surface area contributed by atoms with Crippen LogP contribution in [-0.2, 0) is 9.59 Å². The third-order valence-corrected chi connectivity index (χ3v) is 13.6. The number of carbonyl (C=O) groups excluding carboxylic acids is 2. The van der Waals surface area contributed by atoms with Gasteiger partial charge in [0.2, 0.25) is 0 Å². The third kappa shape index (κ3) is 36.3. The molecule has 0 rings (SSSR count). The second kappa shape index (κ2) is 44.1. The number of nitrogens with zero attached hydrogens (tertiary/aromatic N) is 1. The van der Waals surface area contributed by atoms with E-state index in [1.165, 1.54) is 167 Å². The van der Waals surface area contributed by atoms with Crippen molar-refractivity contribution in [2.45, 2.75) is 246 Å². The quantitative estimate of drug-likeness (QED) is 0.0620. The molecule has 0 fully saturated rings. The molecule has 0 amide bonds. The Morgan fingerprint density at radius 3 is 1.02 bits per heavy atom. The summed E-state index contributed by atoms with van der Waals surface area (Å²) < 4.78 is 0. The maximum absolute atomic E-state index is 13.2. The fourth-order valence-corrected chi connectivity index (χ4v) is 9.73. The fraction of sp³-hybridized carbons (Fsp3) is 0.958. The number of aliphatic hydroxyl groups excluding tert-OH is 1. The van der Waals surface area contributed by atoms with Crippen LogP contribution >= 0.6 is 23.5 Å². The zero-order chi connectivity index (χ0) is 39.6. The van der Waals surface area contributed by atoms with Crippen molar-refractivity contribution in [2.75, 3.05) is 37.7 Å². The molecular formula is C48H95NO3S2. The molecule has 1 N–H and O–H groups in total. The lowest BCUT2D eigenvalue weighted by Crippen LogP contribution is -2.27. The van der Waals surface area contributed by atoms with E-state index in [9.17, 15) is 14.7 Å². The lowest BCUT2D eigenvalue weighted by molar-refractivity contribution is -0.115. The van der Waals surface area contributed by atoms with Gasteiger partial charge in [0.05, 0.1) is 0 Å². The SMILES string of the molecule is CCCCCCCCC(CCCCCC)C(=O)SCCCCCCN(CCCCO)CCCCCCSC(=O)C(CCCCCC)CCCCCCCC. The molecule has 2 unspecified atom stereocenters. The maximum atomic E-state index is 13.2. The molecule has 0 aromatic rings. The van der Waals surface area contributed by atoms with Crippen LogP contribution in [-0.4, -0.2) is 58.0 Å². The molecule has 0 heterocycles. The first-order chi connectivity index (χ1) is 26.5. The van der Waals surface area contributed by atoms with Crippen LogP contribution in [0.1, 0.15) is 246 Å². The third-order valence-electron chi connectivity index (χ3n) is 11.4. The Morgan fingerprint density at radius 2 is 0.667 bits per heavy atom. The molecule has 2 atom stereocenters. The normalized spacial score (nSPS) is 12.9. The molecule has 0 aromatic carbocycles. The molecule has 0 radical (unpaired) electrons. The Balaban J connectivity index is 4.36. The van der Waals surface area contributed by atoms with E-state index in [1.807, 2.05) is 0 Å². The molecule has 6 heteroatoms. The van der Waals surface area contributed by atoms with Gasteiger partial charge in [-0.2, -0.15) is 0 Å². The van der Waals surface area contributed by atoms with Crippen molar-refractivity contribution in [3.63, 3.8) is 0 Å². The van der Waals surface area contributed by atoms with E-state index < -0.39 is 0 Å². The average Bonchev–Trinajstić information content (AvgIpc) is 3.17. The number of aliphatic hydroxyl groups is 1. The summed E-state index contributed by atoms with van der Waals surface area (Å²) in [5.41, 5.74) is 0. The van der Waals surface area contributed by atoms with Crippen LogP contribution in [0.15, 0.2) is 0 Å². The Morgan fingerprint density at radius 1 is 0.389 bits per heavy atom. The van der Waals surface area contributed by atoms with Crippen LogP contribution < -0.4 is 0 Å². The molecule has 0 aromatic heterocycles. The molecule has 4 nitrogen and oxygen atoms in total. The summed E-state index contributed by atoms with van der Waals surface area (Å²) in [6.07, 6.45) is 41.8. The summed E-state index contributed by atoms with van der Waals surface area (Å²) in [7, 11) is 0. The van der Waals surface area contributed by atoms with Crippen molar-refractivity contribution in [1.29, 1.82) is 0 Å². The molecular weight excluding hydrogens is 703 g/mol. The lowest BCUT2D eigenvalue weighted by atomic mass is 9.95. The van der Waals surface area contributed by atoms with Gasteiger partial charge in [-0.15, -0.1) is 0 Å². The molecule has 54 heavy (non-hydrogen) atoms. The van der Waals surface area contributed by atoms with Crippen LogP contribution in [0.4, 0.5) is 0 Å². The number of hydrogen-bond acceptors (Lipinski definition) is 6. The topological polar surface area (TPSA) is 57.6 Å². The zero-order valence-corrected chi connectivity index (χ0v) is 38.6. The van der Waals surface area contributed by atoms with Gasteiger partial charge < -0.3 is 10.0 Å². The van der Waals surface area contributed by atoms with Gasteiger partial charge in [-0.25, -0.2) is 0 Å². The highest BCUT2D eigenvalue weighted by Gasteiger charge is 2.19. The second-order valence-corrected chi connectivity index (χ2v) is 18.8. The van der Waals surface area contributed by atoms with Crippen molar-refractivity contribution >= 4 is 33.8 Å². The van der Waals surface area contributed by atoms with E-state index in [0.29, 0.717) is 10.2 Å². The first kappa shape index (κ1) is 54.0. The van der Waals surface area contributed by atoms with Gasteiger partial charge in [0.15, 0.2) is 10.2 Å². The van der Waals surface area contributed by atoms with E-state index in [4.69, 9.17) is 0 Å². The summed E-state index contributed by atoms with van der Waals surface area (Å²) in [5, 5.41) is 10.3. The molecule has 322 valence electrons. The predicted molar refractivity (Wildman–Crippen MR) is 245 cm³/mol. The highest BCUT2D eigenvalue weighted by molar-refractivity contribution is 8.13. The summed E-state index contributed by atoms with van der Waals surface area (Å²) in [5.74, 6) is 2.54. The number of unbranched alkanes of at least 4 members (excludes halogenated alkanes) is 23. The largest absolute Gasteiger partial charge is 0.396 e. The van der Waals surface area contributed by atoms with Crippen LogP contribution in [0, 0.1) is 11.8 Å². The molecule has 0 spiro atoms. The monoisotopic (exact) mass is 798 g/mol. The maximum Gasteiger partial charge on any atom is 0.192 e. The van der Waals surface area contributed by atoms with E-state index in [2.05, 4.69) is 32.6 Å². The highest BCUT2D eigenvalue weighted by atomic mass is 32.2. The van der Waals surface area contributed by atoms with Crippen molar-refractivity contribution in [2.24, 2.45) is 11.8 Å². The standard InChI is InChI=1S/C48H95NO3S2/c1-5-9-13-17-19-27-37-45(35-25-15-11-7-3)47(51)53-43-33-23-21-29-39-49(41-31-32-42-50)40-30-22-24-34-44-54-48(52)46(36-26-16-12-8-4)38-28-20-18-14-10-6-2/h45-46,50H,5-44H2,1-4H3. The number of carbonyl (C=O) groups is 2. The first-order valence-corrected chi connectivity index (χ1v) is 26.2. The van der Waals surface area contributed by atoms with Crippen molar-refractivity contribution in [3.05, 3.63) is 0 Å². The second-order valence-electron chi connectivity index (χ2n) is 16.6. The Labute approximate surface area is 347 Å². The van der Waals surface area contributed by atoms with Crippen molar-refractivity contribution < 1.29 is 14.7 Å². The van der Waals surface area contributed by atoms with Gasteiger partial charge in [0.1, 0.15) is 0 Å². The summed E-state index contributed by atoms with van der Waals surface area (Å²) >= 11 is 3.27. The smallest absolute Gasteiger partial charge is 0.192 e. The van der Waals surface area contributed by atoms with Gasteiger partial charge in [-0.05, 0) is 83.8 Å². The molecule has 0 aliphatic carbocycles. The van der Waals surface area contributed by atoms with Crippen LogP contribution in [0.3, 0.4) is 0 Å². The van der Waals surface area contributed by atoms with Gasteiger partial charge >= 0.3 is 0 Å². The number of thioether (sulfide) groups is 2. The van der Waals surface area contributed by atoms with E-state index in [0.717, 1.165) is 82.5 Å². The minimum atomic E-state index is 0.281. The number of rotatable bonds is 44. The lowest BCUT2D eigenvalue weighted by Gasteiger charge is -2.22. The van der Waals surface area contributed by atoms with Crippen molar-refractivity contribution in [1.82, 2.24) is 4.90 Å². The molecule has 0 aliphatic rings. The minimum absolute atomic E-state index is 0.281. The van der Waals surface area contributed by atoms with Gasteiger partial charge in [0.25, 0.3) is 0 Å². The summed E-state index contributed by atoms with van der Waals surface area (Å²) in [4.78, 5) is 28.9. The predicted octanol–water partition coefficient (Wildman–Crippen LogP) is 15.4. The summed E-state index contributed by atoms with van der Waals surface area (Å²) in [6.45, 7) is 12.8. The minimum Gasteiger partial charge on any atom is -0.396 e. The molecule has 0 aliphatic heterocycles. The van der Waals surface area contributed by atoms with E-state index >= 15 is 0 Å². The van der Waals surface area contributed by atoms with E-state index in [1.54, 1.807) is 23.5 Å². The highest BCUT2D eigenvalue weighted by Crippen LogP contribution is 2.27. The van der Waals surface area contributed by atoms with Crippen LogP contribution in [0.25, 0.3) is 0 Å². The van der Waals surface area contributed by atoms with Gasteiger partial charge in [-0.3, -0.25) is 9.59 Å². The van der Waals surface area contributed by atoms with Gasteiger partial charge in [-0.1, -0.05) is 205 Å². The summed E-state index contributed by atoms with van der Waals surface area (Å²) in [6, 6.07) is 0. The Bertz CT molecular complexity index is 723. The zero-order valence-electron chi connectivity index (χ0n) is 37.0. The molecule has 0 bridgehead atoms. The molecule has 0 saturated carbocycles. The first-order valence-electron chi connectivity index (χ1n) is 24.2. The van der Waals surface area contributed by atoms with Crippen LogP contribution in [0.2, 0.25) is 0 Å². The van der Waals surface area contributed by atoms with Crippen LogP contribution in [0.5, 0.6) is 0 Å². The Hall–Kier alpha value is -0.0400. The van der Waals surface area contributed by atoms with Gasteiger partial charge in [0, 0.05) is 29.9 Å². The van der Waals surface area contributed by atoms with E-state index in [-0.39, 0.29) is 18.4 Å². The molecule has 0 saturated heterocycles. The average molecular weight is 798 g/mol. The number of hydrogen-bond donors (Lipinski definition) is 1. The van der Waals surface area contributed by atoms with Crippen molar-refractivity contribution in [3.8, 4) is 0 Å². The fourth-order valence-electron chi connectivity index (χ4n) is 7.68.